The molecule has 11 nitrogen and oxygen atoms in total. The van der Waals surface area contributed by atoms with Gasteiger partial charge in [-0.1, -0.05) is 0 Å². The Bertz CT molecular complexity index is 386. The van der Waals surface area contributed by atoms with E-state index in [0.29, 0.717) is 85.8 Å². The van der Waals surface area contributed by atoms with E-state index < -0.39 is 5.97 Å². The fraction of sp³-hybridized carbons (Fsp3) is 0.889. The van der Waals surface area contributed by atoms with Crippen LogP contribution < -0.4 is 11.1 Å². The summed E-state index contributed by atoms with van der Waals surface area (Å²) in [6.07, 6.45) is 0.270. The van der Waals surface area contributed by atoms with E-state index in [1.54, 1.807) is 0 Å². The maximum atomic E-state index is 11.6. The number of carbonyl (C=O) groups is 2. The minimum Gasteiger partial charge on any atom is -0.481 e. The monoisotopic (exact) mass is 424 g/mol. The number of nitrogens with one attached hydrogen (secondary N) is 1. The molecule has 0 atom stereocenters. The van der Waals surface area contributed by atoms with Crippen LogP contribution in [-0.2, 0) is 38.0 Å². The number of rotatable bonds is 23. The maximum absolute atomic E-state index is 11.6. The van der Waals surface area contributed by atoms with E-state index in [2.05, 4.69) is 5.32 Å². The molecule has 4 N–H and O–H groups in total. The van der Waals surface area contributed by atoms with Crippen molar-refractivity contribution in [2.75, 3.05) is 92.4 Å². The average Bonchev–Trinajstić information content (AvgIpc) is 2.70. The first-order valence-corrected chi connectivity index (χ1v) is 9.81. The summed E-state index contributed by atoms with van der Waals surface area (Å²) in [5, 5.41) is 11.2. The lowest BCUT2D eigenvalue weighted by molar-refractivity contribution is -0.138. The number of ether oxygens (including phenoxy) is 6. The smallest absolute Gasteiger partial charge is 0.305 e. The van der Waals surface area contributed by atoms with Gasteiger partial charge in [-0.05, 0) is 0 Å². The van der Waals surface area contributed by atoms with Gasteiger partial charge in [-0.3, -0.25) is 9.59 Å². The highest BCUT2D eigenvalue weighted by molar-refractivity contribution is 5.75. The summed E-state index contributed by atoms with van der Waals surface area (Å²) in [4.78, 5) is 21.9. The van der Waals surface area contributed by atoms with Gasteiger partial charge in [0.15, 0.2) is 0 Å². The Labute approximate surface area is 172 Å². The number of hydrogen-bond donors (Lipinski definition) is 3. The molecule has 0 aliphatic rings. The largest absolute Gasteiger partial charge is 0.481 e. The summed E-state index contributed by atoms with van der Waals surface area (Å²) in [5.74, 6) is -0.982. The van der Waals surface area contributed by atoms with E-state index in [0.717, 1.165) is 0 Å². The number of nitrogens with two attached hydrogens (primary N) is 1. The van der Waals surface area contributed by atoms with E-state index in [4.69, 9.17) is 39.3 Å². The topological polar surface area (TPSA) is 148 Å². The van der Waals surface area contributed by atoms with Crippen molar-refractivity contribution in [3.05, 3.63) is 0 Å². The predicted molar refractivity (Wildman–Crippen MR) is 104 cm³/mol. The van der Waals surface area contributed by atoms with Gasteiger partial charge in [0.1, 0.15) is 0 Å². The number of aliphatic carboxylic acids is 1. The van der Waals surface area contributed by atoms with Crippen LogP contribution in [0.4, 0.5) is 0 Å². The third-order valence-corrected chi connectivity index (χ3v) is 3.25. The van der Waals surface area contributed by atoms with Crippen molar-refractivity contribution in [1.29, 1.82) is 0 Å². The second-order valence-corrected chi connectivity index (χ2v) is 5.71. The van der Waals surface area contributed by atoms with Gasteiger partial charge >= 0.3 is 5.97 Å². The molecule has 172 valence electrons. The first-order valence-electron chi connectivity index (χ1n) is 9.81. The molecule has 0 rings (SSSR count). The highest BCUT2D eigenvalue weighted by atomic mass is 16.5. The number of hydrogen-bond acceptors (Lipinski definition) is 9. The molecule has 0 unspecified atom stereocenters. The Hall–Kier alpha value is -1.34. The molecule has 0 aliphatic carbocycles. The normalized spacial score (nSPS) is 10.9. The van der Waals surface area contributed by atoms with E-state index >= 15 is 0 Å². The van der Waals surface area contributed by atoms with Crippen LogP contribution in [0.5, 0.6) is 0 Å². The maximum Gasteiger partial charge on any atom is 0.305 e. The first kappa shape index (κ1) is 27.7. The lowest BCUT2D eigenvalue weighted by atomic mass is 10.4. The number of carbonyl (C=O) groups excluding carboxylic acids is 1. The minimum atomic E-state index is -0.884. The first-order chi connectivity index (χ1) is 14.2. The van der Waals surface area contributed by atoms with Crippen LogP contribution in [-0.4, -0.2) is 109 Å². The van der Waals surface area contributed by atoms with Crippen molar-refractivity contribution in [3.63, 3.8) is 0 Å². The fourth-order valence-electron chi connectivity index (χ4n) is 1.84. The highest BCUT2D eigenvalue weighted by Crippen LogP contribution is 1.87. The molecule has 0 fully saturated rings. The predicted octanol–water partition coefficient (Wildman–Crippen LogP) is -0.974. The van der Waals surface area contributed by atoms with Crippen molar-refractivity contribution >= 4 is 11.9 Å². The Morgan fingerprint density at radius 1 is 0.621 bits per heavy atom. The molecule has 0 radical (unpaired) electrons. The summed E-state index contributed by atoms with van der Waals surface area (Å²) in [5.41, 5.74) is 5.29. The molecule has 0 aromatic heterocycles. The molecular weight excluding hydrogens is 388 g/mol. The standard InChI is InChI=1S/C18H36N2O9/c19-3-7-26-11-15-28-13-9-24-5-1-17(21)20-4-8-27-12-16-29-14-10-25-6-2-18(22)23/h1-16,19H2,(H,20,21)(H,22,23). The number of amides is 1. The van der Waals surface area contributed by atoms with Gasteiger partial charge in [-0.15, -0.1) is 0 Å². The van der Waals surface area contributed by atoms with Crippen LogP contribution in [0.2, 0.25) is 0 Å². The van der Waals surface area contributed by atoms with Crippen LogP contribution in [0, 0.1) is 0 Å². The van der Waals surface area contributed by atoms with Gasteiger partial charge in [-0.25, -0.2) is 0 Å². The summed E-state index contributed by atoms with van der Waals surface area (Å²) in [7, 11) is 0. The second-order valence-electron chi connectivity index (χ2n) is 5.71. The van der Waals surface area contributed by atoms with E-state index in [1.165, 1.54) is 0 Å². The van der Waals surface area contributed by atoms with Gasteiger partial charge in [0.05, 0.1) is 85.7 Å². The summed E-state index contributed by atoms with van der Waals surface area (Å²) < 4.78 is 31.4. The number of carboxylic acids is 1. The van der Waals surface area contributed by atoms with E-state index in [9.17, 15) is 9.59 Å². The Kier molecular flexibility index (Phi) is 21.9. The summed E-state index contributed by atoms with van der Waals surface area (Å²) in [6.45, 7) is 5.79. The Morgan fingerprint density at radius 3 is 1.52 bits per heavy atom. The lowest BCUT2D eigenvalue weighted by Crippen LogP contribution is -2.28. The quantitative estimate of drug-likeness (QED) is 0.175. The molecule has 0 heterocycles. The molecule has 0 aromatic carbocycles. The average molecular weight is 424 g/mol. The van der Waals surface area contributed by atoms with Gasteiger partial charge in [0.25, 0.3) is 0 Å². The summed E-state index contributed by atoms with van der Waals surface area (Å²) >= 11 is 0. The molecule has 11 heteroatoms. The van der Waals surface area contributed by atoms with Crippen LogP contribution in [0.25, 0.3) is 0 Å². The molecule has 0 spiro atoms. The third-order valence-electron chi connectivity index (χ3n) is 3.25. The Morgan fingerprint density at radius 2 is 1.03 bits per heavy atom. The molecule has 0 aliphatic heterocycles. The van der Waals surface area contributed by atoms with E-state index in [1.807, 2.05) is 0 Å². The minimum absolute atomic E-state index is 0.0127. The number of carboxylic acid groups (broad SMARTS) is 1. The molecule has 0 saturated carbocycles. The van der Waals surface area contributed by atoms with Gasteiger partial charge in [-0.2, -0.15) is 0 Å². The summed E-state index contributed by atoms with van der Waals surface area (Å²) in [6, 6.07) is 0. The molecule has 29 heavy (non-hydrogen) atoms. The van der Waals surface area contributed by atoms with Gasteiger partial charge in [0.2, 0.25) is 5.91 Å². The van der Waals surface area contributed by atoms with Crippen molar-refractivity contribution in [3.8, 4) is 0 Å². The highest BCUT2D eigenvalue weighted by Gasteiger charge is 2.01. The Balaban J connectivity index is 3.16. The molecule has 0 saturated heterocycles. The zero-order valence-corrected chi connectivity index (χ0v) is 17.1. The van der Waals surface area contributed by atoms with Crippen LogP contribution in [0.3, 0.4) is 0 Å². The molecule has 1 amide bonds. The van der Waals surface area contributed by atoms with Gasteiger partial charge in [0, 0.05) is 19.5 Å². The van der Waals surface area contributed by atoms with Crippen LogP contribution in [0.15, 0.2) is 0 Å². The SMILES string of the molecule is NCCOCCOCCOCCC(=O)NCCOCCOCCOCCC(=O)O. The van der Waals surface area contributed by atoms with Crippen molar-refractivity contribution in [2.45, 2.75) is 12.8 Å². The van der Waals surface area contributed by atoms with E-state index in [-0.39, 0.29) is 25.4 Å². The molecular formula is C18H36N2O9. The van der Waals surface area contributed by atoms with Crippen molar-refractivity contribution < 1.29 is 43.1 Å². The van der Waals surface area contributed by atoms with Crippen molar-refractivity contribution in [1.82, 2.24) is 5.32 Å². The molecule has 0 bridgehead atoms. The zero-order valence-electron chi connectivity index (χ0n) is 17.1. The van der Waals surface area contributed by atoms with Gasteiger partial charge < -0.3 is 44.6 Å². The van der Waals surface area contributed by atoms with Crippen LogP contribution in [0.1, 0.15) is 12.8 Å². The lowest BCUT2D eigenvalue weighted by Gasteiger charge is -2.08. The van der Waals surface area contributed by atoms with Crippen molar-refractivity contribution in [2.24, 2.45) is 5.73 Å². The second kappa shape index (κ2) is 22.9. The fourth-order valence-corrected chi connectivity index (χ4v) is 1.84. The third kappa shape index (κ3) is 24.6. The zero-order chi connectivity index (χ0) is 21.4. The van der Waals surface area contributed by atoms with Crippen LogP contribution >= 0.6 is 0 Å². The molecule has 0 aromatic rings.